The Labute approximate surface area is 120 Å². The van der Waals surface area contributed by atoms with Crippen LogP contribution in [0.3, 0.4) is 0 Å². The minimum atomic E-state index is 0.238. The Morgan fingerprint density at radius 3 is 2.65 bits per heavy atom. The quantitative estimate of drug-likeness (QED) is 0.820. The summed E-state index contributed by atoms with van der Waals surface area (Å²) in [5, 5.41) is 0. The van der Waals surface area contributed by atoms with E-state index in [1.54, 1.807) is 11.1 Å². The van der Waals surface area contributed by atoms with Crippen molar-refractivity contribution in [2.24, 2.45) is 5.73 Å². The van der Waals surface area contributed by atoms with Gasteiger partial charge in [0.15, 0.2) is 0 Å². The number of hydrogen-bond acceptors (Lipinski definition) is 1. The van der Waals surface area contributed by atoms with E-state index in [1.165, 1.54) is 47.9 Å². The summed E-state index contributed by atoms with van der Waals surface area (Å²) in [6.45, 7) is 0. The van der Waals surface area contributed by atoms with Gasteiger partial charge in [-0.15, -0.1) is 0 Å². The van der Waals surface area contributed by atoms with Gasteiger partial charge < -0.3 is 5.73 Å². The minimum Gasteiger partial charge on any atom is -0.324 e. The summed E-state index contributed by atoms with van der Waals surface area (Å²) in [4.78, 5) is 0. The molecule has 102 valence electrons. The van der Waals surface area contributed by atoms with Gasteiger partial charge in [0.05, 0.1) is 0 Å². The van der Waals surface area contributed by atoms with E-state index in [4.69, 9.17) is 5.73 Å². The average molecular weight is 263 g/mol. The third-order valence-corrected chi connectivity index (χ3v) is 4.98. The van der Waals surface area contributed by atoms with E-state index in [1.807, 2.05) is 0 Å². The molecular weight excluding hydrogens is 242 g/mol. The maximum atomic E-state index is 6.20. The first-order valence-corrected chi connectivity index (χ1v) is 7.82. The molecule has 1 atom stereocenters. The molecule has 2 aliphatic rings. The lowest BCUT2D eigenvalue weighted by atomic mass is 9.88. The Morgan fingerprint density at radius 2 is 1.75 bits per heavy atom. The van der Waals surface area contributed by atoms with Crippen molar-refractivity contribution in [3.63, 3.8) is 0 Å². The predicted molar refractivity (Wildman–Crippen MR) is 83.8 cm³/mol. The number of benzene rings is 2. The van der Waals surface area contributed by atoms with Gasteiger partial charge in [0.25, 0.3) is 0 Å². The molecule has 0 saturated carbocycles. The predicted octanol–water partition coefficient (Wildman–Crippen LogP) is 4.18. The zero-order valence-electron chi connectivity index (χ0n) is 11.9. The molecule has 2 aliphatic carbocycles. The summed E-state index contributed by atoms with van der Waals surface area (Å²) < 4.78 is 0. The van der Waals surface area contributed by atoms with Crippen LogP contribution in [0.4, 0.5) is 0 Å². The van der Waals surface area contributed by atoms with Gasteiger partial charge in [0, 0.05) is 6.04 Å². The molecule has 0 amide bonds. The van der Waals surface area contributed by atoms with Crippen LogP contribution < -0.4 is 5.73 Å². The second-order valence-electron chi connectivity index (χ2n) is 6.21. The van der Waals surface area contributed by atoms with Crippen LogP contribution >= 0.6 is 0 Å². The molecule has 1 unspecified atom stereocenters. The number of fused-ring (bicyclic) bond motifs is 2. The highest BCUT2D eigenvalue weighted by molar-refractivity contribution is 5.71. The van der Waals surface area contributed by atoms with Gasteiger partial charge in [-0.2, -0.15) is 0 Å². The fraction of sp³-hybridized carbons (Fsp3) is 0.368. The van der Waals surface area contributed by atoms with Crippen LogP contribution in [-0.2, 0) is 19.3 Å². The van der Waals surface area contributed by atoms with Crippen molar-refractivity contribution in [2.75, 3.05) is 0 Å². The van der Waals surface area contributed by atoms with Crippen molar-refractivity contribution >= 4 is 0 Å². The summed E-state index contributed by atoms with van der Waals surface area (Å²) in [6.07, 6.45) is 7.42. The Balaban J connectivity index is 1.82. The summed E-state index contributed by atoms with van der Waals surface area (Å²) in [5.41, 5.74) is 15.0. The van der Waals surface area contributed by atoms with E-state index in [-0.39, 0.29) is 6.04 Å². The Hall–Kier alpha value is -1.60. The zero-order valence-corrected chi connectivity index (χ0v) is 11.9. The van der Waals surface area contributed by atoms with Crippen molar-refractivity contribution in [1.82, 2.24) is 0 Å². The summed E-state index contributed by atoms with van der Waals surface area (Å²) in [5.74, 6) is 0. The van der Waals surface area contributed by atoms with Crippen molar-refractivity contribution in [1.29, 1.82) is 0 Å². The Bertz CT molecular complexity index is 657. The van der Waals surface area contributed by atoms with E-state index in [9.17, 15) is 0 Å². The van der Waals surface area contributed by atoms with Crippen LogP contribution in [0.2, 0.25) is 0 Å². The van der Waals surface area contributed by atoms with Crippen molar-refractivity contribution in [3.05, 3.63) is 58.7 Å². The molecule has 0 aliphatic heterocycles. The van der Waals surface area contributed by atoms with E-state index in [2.05, 4.69) is 36.4 Å². The summed E-state index contributed by atoms with van der Waals surface area (Å²) in [6, 6.07) is 14.0. The fourth-order valence-corrected chi connectivity index (χ4v) is 3.86. The van der Waals surface area contributed by atoms with Gasteiger partial charge in [0.2, 0.25) is 0 Å². The molecular formula is C19H21N. The smallest absolute Gasteiger partial charge is 0.0300 e. The number of hydrogen-bond donors (Lipinski definition) is 1. The molecule has 2 aromatic rings. The fourth-order valence-electron chi connectivity index (χ4n) is 3.86. The third-order valence-electron chi connectivity index (χ3n) is 4.98. The maximum absolute atomic E-state index is 6.20. The molecule has 4 rings (SSSR count). The first-order valence-electron chi connectivity index (χ1n) is 7.82. The molecule has 1 heteroatoms. The highest BCUT2D eigenvalue weighted by atomic mass is 14.6. The van der Waals surface area contributed by atoms with Gasteiger partial charge in [0.1, 0.15) is 0 Å². The maximum Gasteiger partial charge on any atom is 0.0300 e. The molecule has 2 aromatic carbocycles. The van der Waals surface area contributed by atoms with Crippen molar-refractivity contribution in [3.8, 4) is 11.1 Å². The van der Waals surface area contributed by atoms with Gasteiger partial charge in [-0.05, 0) is 71.9 Å². The SMILES string of the molecule is NC1CCc2c(-c3ccc4c(c3)CCCC4)cccc21. The molecule has 0 radical (unpaired) electrons. The monoisotopic (exact) mass is 263 g/mol. The Morgan fingerprint density at radius 1 is 0.900 bits per heavy atom. The first-order chi connectivity index (χ1) is 9.83. The molecule has 20 heavy (non-hydrogen) atoms. The molecule has 2 N–H and O–H groups in total. The van der Waals surface area contributed by atoms with Crippen molar-refractivity contribution < 1.29 is 0 Å². The Kier molecular flexibility index (Phi) is 2.89. The molecule has 0 saturated heterocycles. The van der Waals surface area contributed by atoms with Crippen LogP contribution in [0, 0.1) is 0 Å². The van der Waals surface area contributed by atoms with Crippen LogP contribution in [0.15, 0.2) is 36.4 Å². The molecule has 1 nitrogen and oxygen atoms in total. The molecule has 0 spiro atoms. The summed E-state index contributed by atoms with van der Waals surface area (Å²) in [7, 11) is 0. The number of nitrogens with two attached hydrogens (primary N) is 1. The third kappa shape index (κ3) is 1.89. The highest BCUT2D eigenvalue weighted by Gasteiger charge is 2.22. The standard InChI is InChI=1S/C19H21N/c20-19-11-10-17-16(6-3-7-18(17)19)15-9-8-13-4-1-2-5-14(13)12-15/h3,6-9,12,19H,1-2,4-5,10-11,20H2. The lowest BCUT2D eigenvalue weighted by molar-refractivity contribution is 0.686. The van der Waals surface area contributed by atoms with Crippen LogP contribution in [-0.4, -0.2) is 0 Å². The zero-order chi connectivity index (χ0) is 13.5. The lowest BCUT2D eigenvalue weighted by Gasteiger charge is -2.18. The topological polar surface area (TPSA) is 26.0 Å². The van der Waals surface area contributed by atoms with E-state index < -0.39 is 0 Å². The van der Waals surface area contributed by atoms with E-state index in [0.29, 0.717) is 0 Å². The second-order valence-corrected chi connectivity index (χ2v) is 6.21. The molecule has 0 heterocycles. The van der Waals surface area contributed by atoms with Crippen molar-refractivity contribution in [2.45, 2.75) is 44.6 Å². The molecule has 0 fully saturated rings. The van der Waals surface area contributed by atoms with Gasteiger partial charge >= 0.3 is 0 Å². The highest BCUT2D eigenvalue weighted by Crippen LogP contribution is 2.37. The number of rotatable bonds is 1. The summed E-state index contributed by atoms with van der Waals surface area (Å²) >= 11 is 0. The van der Waals surface area contributed by atoms with Crippen LogP contribution in [0.1, 0.15) is 47.6 Å². The normalized spacial score (nSPS) is 20.6. The van der Waals surface area contributed by atoms with Gasteiger partial charge in [-0.1, -0.05) is 36.4 Å². The van der Waals surface area contributed by atoms with Crippen LogP contribution in [0.25, 0.3) is 11.1 Å². The van der Waals surface area contributed by atoms with Crippen LogP contribution in [0.5, 0.6) is 0 Å². The first kappa shape index (κ1) is 12.2. The lowest BCUT2D eigenvalue weighted by Crippen LogP contribution is -2.05. The van der Waals surface area contributed by atoms with Gasteiger partial charge in [-0.25, -0.2) is 0 Å². The average Bonchev–Trinajstić information content (AvgIpc) is 2.88. The largest absolute Gasteiger partial charge is 0.324 e. The molecule has 0 bridgehead atoms. The second kappa shape index (κ2) is 4.75. The van der Waals surface area contributed by atoms with E-state index in [0.717, 1.165) is 12.8 Å². The van der Waals surface area contributed by atoms with Gasteiger partial charge in [-0.3, -0.25) is 0 Å². The minimum absolute atomic E-state index is 0.238. The molecule has 0 aromatic heterocycles. The number of aryl methyl sites for hydroxylation is 2. The van der Waals surface area contributed by atoms with E-state index >= 15 is 0 Å².